The highest BCUT2D eigenvalue weighted by molar-refractivity contribution is 5.63. The Kier molecular flexibility index (Phi) is 3.99. The molecular formula is C11H13NO4. The Balaban J connectivity index is 3.16. The second kappa shape index (κ2) is 5.25. The van der Waals surface area contributed by atoms with Gasteiger partial charge in [0.15, 0.2) is 5.75 Å². The van der Waals surface area contributed by atoms with Gasteiger partial charge in [0.1, 0.15) is 6.29 Å². The zero-order valence-electron chi connectivity index (χ0n) is 9.17. The maximum atomic E-state index is 10.7. The molecule has 0 spiro atoms. The molecule has 0 fully saturated rings. The molecule has 0 aromatic heterocycles. The molecule has 1 rings (SSSR count). The van der Waals surface area contributed by atoms with Crippen LogP contribution in [0.25, 0.3) is 0 Å². The Morgan fingerprint density at radius 2 is 2.25 bits per heavy atom. The molecule has 1 unspecified atom stereocenters. The second-order valence-electron chi connectivity index (χ2n) is 3.34. The third-order valence-corrected chi connectivity index (χ3v) is 2.21. The van der Waals surface area contributed by atoms with Crippen LogP contribution in [-0.4, -0.2) is 17.8 Å². The largest absolute Gasteiger partial charge is 0.487 e. The fraction of sp³-hybridized carbons (Fsp3) is 0.364. The Morgan fingerprint density at radius 1 is 1.56 bits per heavy atom. The molecule has 86 valence electrons. The van der Waals surface area contributed by atoms with E-state index in [0.717, 1.165) is 6.29 Å². The van der Waals surface area contributed by atoms with E-state index in [0.29, 0.717) is 12.2 Å². The topological polar surface area (TPSA) is 69.4 Å². The van der Waals surface area contributed by atoms with Gasteiger partial charge in [-0.3, -0.25) is 10.1 Å². The van der Waals surface area contributed by atoms with Gasteiger partial charge in [0.25, 0.3) is 0 Å². The van der Waals surface area contributed by atoms with Gasteiger partial charge in [-0.1, -0.05) is 13.0 Å². The fourth-order valence-corrected chi connectivity index (χ4v) is 1.31. The number of ether oxygens (including phenoxy) is 1. The van der Waals surface area contributed by atoms with Crippen LogP contribution in [0, 0.1) is 10.1 Å². The Labute approximate surface area is 93.2 Å². The average Bonchev–Trinajstić information content (AvgIpc) is 2.28. The standard InChI is InChI=1S/C11H13NO4/c1-3-16-11-6-9(8(2)7-13)4-5-10(11)12(14)15/h4-8H,3H2,1-2H3. The summed E-state index contributed by atoms with van der Waals surface area (Å²) in [4.78, 5) is 20.8. The first-order valence-corrected chi connectivity index (χ1v) is 4.96. The highest BCUT2D eigenvalue weighted by Gasteiger charge is 2.16. The second-order valence-corrected chi connectivity index (χ2v) is 3.34. The Morgan fingerprint density at radius 3 is 2.75 bits per heavy atom. The third kappa shape index (κ3) is 2.56. The van der Waals surface area contributed by atoms with Crippen LogP contribution in [-0.2, 0) is 4.79 Å². The number of nitrogens with zero attached hydrogens (tertiary/aromatic N) is 1. The first-order chi connectivity index (χ1) is 7.60. The molecule has 0 amide bonds. The van der Waals surface area contributed by atoms with E-state index in [2.05, 4.69) is 0 Å². The van der Waals surface area contributed by atoms with Gasteiger partial charge in [-0.05, 0) is 18.6 Å². The van der Waals surface area contributed by atoms with E-state index < -0.39 is 4.92 Å². The van der Waals surface area contributed by atoms with Gasteiger partial charge in [-0.2, -0.15) is 0 Å². The average molecular weight is 223 g/mol. The number of hydrogen-bond acceptors (Lipinski definition) is 4. The number of carbonyl (C=O) groups is 1. The van der Waals surface area contributed by atoms with Gasteiger partial charge in [-0.15, -0.1) is 0 Å². The van der Waals surface area contributed by atoms with Crippen molar-refractivity contribution in [3.63, 3.8) is 0 Å². The van der Waals surface area contributed by atoms with Gasteiger partial charge in [-0.25, -0.2) is 0 Å². The van der Waals surface area contributed by atoms with Crippen LogP contribution in [0.5, 0.6) is 5.75 Å². The maximum Gasteiger partial charge on any atom is 0.310 e. The highest BCUT2D eigenvalue weighted by atomic mass is 16.6. The summed E-state index contributed by atoms with van der Waals surface area (Å²) in [5.41, 5.74) is 0.632. The zero-order valence-corrected chi connectivity index (χ0v) is 9.17. The van der Waals surface area contributed by atoms with Crippen LogP contribution < -0.4 is 4.74 Å². The van der Waals surface area contributed by atoms with Crippen LogP contribution in [0.2, 0.25) is 0 Å². The van der Waals surface area contributed by atoms with E-state index in [9.17, 15) is 14.9 Å². The van der Waals surface area contributed by atoms with Crippen molar-refractivity contribution in [1.82, 2.24) is 0 Å². The summed E-state index contributed by atoms with van der Waals surface area (Å²) in [5.74, 6) is -0.0845. The number of benzene rings is 1. The number of hydrogen-bond donors (Lipinski definition) is 0. The molecule has 5 heteroatoms. The highest BCUT2D eigenvalue weighted by Crippen LogP contribution is 2.30. The molecule has 0 aliphatic heterocycles. The summed E-state index contributed by atoms with van der Waals surface area (Å²) in [6, 6.07) is 4.47. The van der Waals surface area contributed by atoms with Crippen LogP contribution >= 0.6 is 0 Å². The summed E-state index contributed by atoms with van der Waals surface area (Å²) in [5, 5.41) is 10.7. The van der Waals surface area contributed by atoms with Gasteiger partial charge >= 0.3 is 5.69 Å². The summed E-state index contributed by atoms with van der Waals surface area (Å²) < 4.78 is 5.18. The maximum absolute atomic E-state index is 10.7. The molecule has 0 aliphatic carbocycles. The molecule has 0 saturated carbocycles. The van der Waals surface area contributed by atoms with Crippen molar-refractivity contribution in [2.75, 3.05) is 6.61 Å². The molecule has 0 heterocycles. The minimum absolute atomic E-state index is 0.0799. The Hall–Kier alpha value is -1.91. The molecule has 1 atom stereocenters. The number of rotatable bonds is 5. The summed E-state index contributed by atoms with van der Waals surface area (Å²) in [7, 11) is 0. The molecule has 1 aromatic rings. The van der Waals surface area contributed by atoms with E-state index in [1.54, 1.807) is 26.0 Å². The number of nitro groups is 1. The van der Waals surface area contributed by atoms with E-state index >= 15 is 0 Å². The molecule has 5 nitrogen and oxygen atoms in total. The van der Waals surface area contributed by atoms with Crippen LogP contribution in [0.3, 0.4) is 0 Å². The predicted octanol–water partition coefficient (Wildman–Crippen LogP) is 2.30. The SMILES string of the molecule is CCOc1cc(C(C)C=O)ccc1[N+](=O)[O-]. The van der Waals surface area contributed by atoms with Gasteiger partial charge in [0, 0.05) is 12.0 Å². The van der Waals surface area contributed by atoms with Gasteiger partial charge in [0.05, 0.1) is 11.5 Å². The number of nitro benzene ring substituents is 1. The molecule has 16 heavy (non-hydrogen) atoms. The molecule has 0 aliphatic rings. The molecule has 1 aromatic carbocycles. The van der Waals surface area contributed by atoms with Crippen molar-refractivity contribution in [3.8, 4) is 5.75 Å². The lowest BCUT2D eigenvalue weighted by Gasteiger charge is -2.08. The predicted molar refractivity (Wildman–Crippen MR) is 58.7 cm³/mol. The van der Waals surface area contributed by atoms with Crippen molar-refractivity contribution in [2.45, 2.75) is 19.8 Å². The van der Waals surface area contributed by atoms with Crippen LogP contribution in [0.15, 0.2) is 18.2 Å². The fourth-order valence-electron chi connectivity index (χ4n) is 1.31. The molecule has 0 saturated heterocycles. The van der Waals surface area contributed by atoms with E-state index in [1.165, 1.54) is 6.07 Å². The summed E-state index contributed by atoms with van der Waals surface area (Å²) in [6.07, 6.45) is 0.789. The van der Waals surface area contributed by atoms with Crippen molar-refractivity contribution in [2.24, 2.45) is 0 Å². The van der Waals surface area contributed by atoms with E-state index in [1.807, 2.05) is 0 Å². The number of aldehydes is 1. The first-order valence-electron chi connectivity index (χ1n) is 4.96. The van der Waals surface area contributed by atoms with Gasteiger partial charge in [0.2, 0.25) is 0 Å². The molecule has 0 bridgehead atoms. The minimum Gasteiger partial charge on any atom is -0.487 e. The van der Waals surface area contributed by atoms with Gasteiger partial charge < -0.3 is 9.53 Å². The summed E-state index contributed by atoms with van der Waals surface area (Å²) in [6.45, 7) is 3.82. The van der Waals surface area contributed by atoms with E-state index in [-0.39, 0.29) is 17.4 Å². The normalized spacial score (nSPS) is 11.9. The monoisotopic (exact) mass is 223 g/mol. The molecular weight excluding hydrogens is 210 g/mol. The van der Waals surface area contributed by atoms with Crippen molar-refractivity contribution in [1.29, 1.82) is 0 Å². The lowest BCUT2D eigenvalue weighted by atomic mass is 10.0. The van der Waals surface area contributed by atoms with Crippen molar-refractivity contribution >= 4 is 12.0 Å². The van der Waals surface area contributed by atoms with Crippen molar-refractivity contribution < 1.29 is 14.5 Å². The molecule has 0 radical (unpaired) electrons. The lowest BCUT2D eigenvalue weighted by molar-refractivity contribution is -0.385. The lowest BCUT2D eigenvalue weighted by Crippen LogP contribution is -2.00. The van der Waals surface area contributed by atoms with Crippen molar-refractivity contribution in [3.05, 3.63) is 33.9 Å². The minimum atomic E-state index is -0.500. The zero-order chi connectivity index (χ0) is 12.1. The Bertz CT molecular complexity index is 403. The smallest absolute Gasteiger partial charge is 0.310 e. The number of carbonyl (C=O) groups excluding carboxylic acids is 1. The van der Waals surface area contributed by atoms with Crippen LogP contribution in [0.4, 0.5) is 5.69 Å². The van der Waals surface area contributed by atoms with E-state index in [4.69, 9.17) is 4.74 Å². The van der Waals surface area contributed by atoms with Crippen LogP contribution in [0.1, 0.15) is 25.3 Å². The quantitative estimate of drug-likeness (QED) is 0.436. The third-order valence-electron chi connectivity index (χ3n) is 2.21. The summed E-state index contributed by atoms with van der Waals surface area (Å²) >= 11 is 0. The molecule has 0 N–H and O–H groups in total. The first kappa shape index (κ1) is 12.2.